The van der Waals surface area contributed by atoms with Crippen LogP contribution in [0.15, 0.2) is 30.3 Å². The normalized spacial score (nSPS) is 25.6. The Morgan fingerprint density at radius 2 is 1.96 bits per heavy atom. The molecule has 1 amide bonds. The van der Waals surface area contributed by atoms with Crippen LogP contribution >= 0.6 is 0 Å². The quantitative estimate of drug-likeness (QED) is 0.754. The molecule has 3 aliphatic heterocycles. The first-order valence-corrected chi connectivity index (χ1v) is 9.80. The van der Waals surface area contributed by atoms with Crippen molar-refractivity contribution in [1.29, 1.82) is 0 Å². The molecule has 3 heterocycles. The fourth-order valence-corrected chi connectivity index (χ4v) is 3.99. The van der Waals surface area contributed by atoms with Crippen LogP contribution in [0.25, 0.3) is 0 Å². The van der Waals surface area contributed by atoms with Crippen LogP contribution < -0.4 is 4.74 Å². The summed E-state index contributed by atoms with van der Waals surface area (Å²) in [6, 6.07) is 9.66. The highest BCUT2D eigenvalue weighted by molar-refractivity contribution is 5.70. The van der Waals surface area contributed by atoms with E-state index in [9.17, 15) is 4.79 Å². The second-order valence-electron chi connectivity index (χ2n) is 7.50. The number of likely N-dealkylation sites (tertiary alicyclic amines) is 1. The third-order valence-corrected chi connectivity index (χ3v) is 5.53. The molecule has 1 spiro atoms. The summed E-state index contributed by atoms with van der Waals surface area (Å²) in [4.78, 5) is 16.4. The van der Waals surface area contributed by atoms with Gasteiger partial charge in [0.05, 0.1) is 39.0 Å². The van der Waals surface area contributed by atoms with Crippen molar-refractivity contribution in [3.05, 3.63) is 30.3 Å². The maximum absolute atomic E-state index is 12.3. The summed E-state index contributed by atoms with van der Waals surface area (Å²) in [5.74, 6) is 0.821. The minimum atomic E-state index is -0.343. The van der Waals surface area contributed by atoms with E-state index in [0.29, 0.717) is 39.5 Å². The van der Waals surface area contributed by atoms with Crippen LogP contribution in [0.5, 0.6) is 5.75 Å². The summed E-state index contributed by atoms with van der Waals surface area (Å²) in [5, 5.41) is 0. The Labute approximate surface area is 160 Å². The van der Waals surface area contributed by atoms with Crippen molar-refractivity contribution in [1.82, 2.24) is 9.80 Å². The minimum Gasteiger partial charge on any atom is -0.492 e. The zero-order valence-electron chi connectivity index (χ0n) is 15.7. The SMILES string of the molecule is O=C1OC2(CCN(C[C@H]3COCCO3)CC2)CN1CCOc1ccccc1. The second kappa shape index (κ2) is 8.46. The van der Waals surface area contributed by atoms with E-state index in [1.807, 2.05) is 30.3 Å². The third-order valence-electron chi connectivity index (χ3n) is 5.53. The lowest BCUT2D eigenvalue weighted by molar-refractivity contribution is -0.103. The molecule has 0 saturated carbocycles. The van der Waals surface area contributed by atoms with Crippen LogP contribution in [-0.2, 0) is 14.2 Å². The second-order valence-corrected chi connectivity index (χ2v) is 7.50. The minimum absolute atomic E-state index is 0.158. The summed E-state index contributed by atoms with van der Waals surface area (Å²) in [6.07, 6.45) is 1.67. The van der Waals surface area contributed by atoms with Gasteiger partial charge in [-0.25, -0.2) is 4.79 Å². The van der Waals surface area contributed by atoms with E-state index >= 15 is 0 Å². The van der Waals surface area contributed by atoms with Gasteiger partial charge in [0.1, 0.15) is 18.0 Å². The van der Waals surface area contributed by atoms with Crippen molar-refractivity contribution >= 4 is 6.09 Å². The molecule has 3 saturated heterocycles. The van der Waals surface area contributed by atoms with Crippen LogP contribution in [0.1, 0.15) is 12.8 Å². The fourth-order valence-electron chi connectivity index (χ4n) is 3.99. The highest BCUT2D eigenvalue weighted by Gasteiger charge is 2.46. The van der Waals surface area contributed by atoms with Gasteiger partial charge >= 0.3 is 6.09 Å². The first-order chi connectivity index (χ1) is 13.2. The Bertz CT molecular complexity index is 612. The molecule has 1 atom stereocenters. The molecule has 148 valence electrons. The maximum Gasteiger partial charge on any atom is 0.410 e. The van der Waals surface area contributed by atoms with Gasteiger partial charge in [-0.1, -0.05) is 18.2 Å². The highest BCUT2D eigenvalue weighted by Crippen LogP contribution is 2.33. The number of para-hydroxylation sites is 1. The number of hydrogen-bond acceptors (Lipinski definition) is 6. The lowest BCUT2D eigenvalue weighted by Gasteiger charge is -2.39. The van der Waals surface area contributed by atoms with Gasteiger partial charge in [-0.3, -0.25) is 0 Å². The van der Waals surface area contributed by atoms with Crippen molar-refractivity contribution < 1.29 is 23.7 Å². The largest absolute Gasteiger partial charge is 0.492 e. The topological polar surface area (TPSA) is 60.5 Å². The molecular formula is C20H28N2O5. The van der Waals surface area contributed by atoms with Crippen LogP contribution in [-0.4, -0.2) is 86.7 Å². The molecule has 3 aliphatic rings. The molecule has 1 aromatic rings. The third kappa shape index (κ3) is 4.72. The number of rotatable bonds is 6. The van der Waals surface area contributed by atoms with E-state index in [-0.39, 0.29) is 17.8 Å². The molecule has 27 heavy (non-hydrogen) atoms. The summed E-state index contributed by atoms with van der Waals surface area (Å²) >= 11 is 0. The van der Waals surface area contributed by atoms with Gasteiger partial charge in [-0.2, -0.15) is 0 Å². The van der Waals surface area contributed by atoms with Crippen molar-refractivity contribution in [3.8, 4) is 5.75 Å². The molecule has 0 radical (unpaired) electrons. The van der Waals surface area contributed by atoms with Crippen LogP contribution in [0, 0.1) is 0 Å². The van der Waals surface area contributed by atoms with Crippen LogP contribution in [0.4, 0.5) is 4.79 Å². The molecule has 7 heteroatoms. The Balaban J connectivity index is 1.21. The number of piperidine rings is 1. The van der Waals surface area contributed by atoms with Crippen LogP contribution in [0.2, 0.25) is 0 Å². The highest BCUT2D eigenvalue weighted by atomic mass is 16.6. The van der Waals surface area contributed by atoms with Crippen molar-refractivity contribution in [2.75, 3.05) is 59.2 Å². The zero-order valence-corrected chi connectivity index (χ0v) is 15.7. The van der Waals surface area contributed by atoms with E-state index in [4.69, 9.17) is 18.9 Å². The molecule has 0 N–H and O–H groups in total. The maximum atomic E-state index is 12.3. The van der Waals surface area contributed by atoms with Gasteiger partial charge in [0.25, 0.3) is 0 Å². The molecule has 0 unspecified atom stereocenters. The van der Waals surface area contributed by atoms with Crippen molar-refractivity contribution in [2.24, 2.45) is 0 Å². The van der Waals surface area contributed by atoms with E-state index in [0.717, 1.165) is 38.2 Å². The Hall–Kier alpha value is -1.83. The van der Waals surface area contributed by atoms with Gasteiger partial charge in [0.2, 0.25) is 0 Å². The lowest BCUT2D eigenvalue weighted by atomic mass is 9.91. The summed E-state index contributed by atoms with van der Waals surface area (Å²) in [6.45, 7) is 6.45. The van der Waals surface area contributed by atoms with Crippen LogP contribution in [0.3, 0.4) is 0 Å². The summed E-state index contributed by atoms with van der Waals surface area (Å²) < 4.78 is 22.7. The predicted octanol–water partition coefficient (Wildman–Crippen LogP) is 1.77. The average Bonchev–Trinajstić information content (AvgIpc) is 3.01. The van der Waals surface area contributed by atoms with Gasteiger partial charge in [-0.05, 0) is 12.1 Å². The predicted molar refractivity (Wildman–Crippen MR) is 99.0 cm³/mol. The van der Waals surface area contributed by atoms with Gasteiger partial charge in [0, 0.05) is 32.5 Å². The number of nitrogens with zero attached hydrogens (tertiary/aromatic N) is 2. The van der Waals surface area contributed by atoms with E-state index in [2.05, 4.69) is 4.90 Å². The number of carbonyl (C=O) groups excluding carboxylic acids is 1. The van der Waals surface area contributed by atoms with Crippen molar-refractivity contribution in [3.63, 3.8) is 0 Å². The summed E-state index contributed by atoms with van der Waals surface area (Å²) in [5.41, 5.74) is -0.343. The molecule has 7 nitrogen and oxygen atoms in total. The molecule has 3 fully saturated rings. The molecule has 0 aliphatic carbocycles. The van der Waals surface area contributed by atoms with Gasteiger partial charge < -0.3 is 28.7 Å². The average molecular weight is 376 g/mol. The first-order valence-electron chi connectivity index (χ1n) is 9.80. The number of amides is 1. The molecule has 1 aromatic carbocycles. The number of carbonyl (C=O) groups is 1. The Kier molecular flexibility index (Phi) is 5.80. The number of ether oxygens (including phenoxy) is 4. The van der Waals surface area contributed by atoms with Crippen molar-refractivity contribution in [2.45, 2.75) is 24.5 Å². The molecule has 0 bridgehead atoms. The van der Waals surface area contributed by atoms with Gasteiger partial charge in [-0.15, -0.1) is 0 Å². The molecule has 4 rings (SSSR count). The van der Waals surface area contributed by atoms with E-state index in [1.165, 1.54) is 0 Å². The smallest absolute Gasteiger partial charge is 0.410 e. The Morgan fingerprint density at radius 1 is 1.15 bits per heavy atom. The standard InChI is InChI=1S/C20H28N2O5/c23-19-22(10-11-25-17-4-2-1-3-5-17)16-20(27-19)6-8-21(9-7-20)14-18-15-24-12-13-26-18/h1-5,18H,6-16H2/t18-/m0/s1. The van der Waals surface area contributed by atoms with E-state index < -0.39 is 0 Å². The number of hydrogen-bond donors (Lipinski definition) is 0. The molecule has 0 aromatic heterocycles. The first kappa shape index (κ1) is 18.5. The lowest BCUT2D eigenvalue weighted by Crippen LogP contribution is -2.50. The van der Waals surface area contributed by atoms with E-state index in [1.54, 1.807) is 4.90 Å². The molecular weight excluding hydrogens is 348 g/mol. The number of benzene rings is 1. The monoisotopic (exact) mass is 376 g/mol. The summed E-state index contributed by atoms with van der Waals surface area (Å²) in [7, 11) is 0. The Morgan fingerprint density at radius 3 is 2.70 bits per heavy atom. The van der Waals surface area contributed by atoms with Gasteiger partial charge in [0.15, 0.2) is 0 Å². The zero-order chi connectivity index (χ0) is 18.5. The fraction of sp³-hybridized carbons (Fsp3) is 0.650.